The maximum Gasteiger partial charge on any atom is 0.251 e. The maximum absolute atomic E-state index is 12.6. The standard InChI is InChI=1S/C23H31N3O3S/c1-18-8-6-7-15-26(18)17-21-10-5-4-9-20(21)16-24-23(27)19-11-13-22(14-12-19)30(28,29)25(2)3/h4-5,9-14,18H,6-8,15-17H2,1-3H3,(H,24,27). The van der Waals surface area contributed by atoms with Crippen LogP contribution in [0.4, 0.5) is 0 Å². The summed E-state index contributed by atoms with van der Waals surface area (Å²) in [6.45, 7) is 4.73. The van der Waals surface area contributed by atoms with Crippen molar-refractivity contribution in [2.45, 2.75) is 50.2 Å². The van der Waals surface area contributed by atoms with Crippen molar-refractivity contribution in [3.05, 3.63) is 65.2 Å². The molecule has 1 fully saturated rings. The van der Waals surface area contributed by atoms with Gasteiger partial charge in [-0.2, -0.15) is 0 Å². The Bertz CT molecular complexity index is 971. The summed E-state index contributed by atoms with van der Waals surface area (Å²) in [5.74, 6) is -0.218. The van der Waals surface area contributed by atoms with Gasteiger partial charge >= 0.3 is 0 Å². The van der Waals surface area contributed by atoms with E-state index in [1.54, 1.807) is 12.1 Å². The van der Waals surface area contributed by atoms with Gasteiger partial charge in [0.05, 0.1) is 4.90 Å². The lowest BCUT2D eigenvalue weighted by Crippen LogP contribution is -2.37. The minimum Gasteiger partial charge on any atom is -0.348 e. The van der Waals surface area contributed by atoms with Crippen LogP contribution in [0.3, 0.4) is 0 Å². The number of piperidine rings is 1. The predicted octanol–water partition coefficient (Wildman–Crippen LogP) is 3.24. The summed E-state index contributed by atoms with van der Waals surface area (Å²) >= 11 is 0. The van der Waals surface area contributed by atoms with E-state index in [0.29, 0.717) is 18.2 Å². The predicted molar refractivity (Wildman–Crippen MR) is 119 cm³/mol. The van der Waals surface area contributed by atoms with Crippen molar-refractivity contribution in [2.24, 2.45) is 0 Å². The molecule has 1 aliphatic rings. The van der Waals surface area contributed by atoms with Crippen molar-refractivity contribution in [1.82, 2.24) is 14.5 Å². The monoisotopic (exact) mass is 429 g/mol. The lowest BCUT2D eigenvalue weighted by atomic mass is 10.0. The molecular formula is C23H31N3O3S. The van der Waals surface area contributed by atoms with E-state index in [2.05, 4.69) is 29.3 Å². The Hall–Kier alpha value is -2.22. The lowest BCUT2D eigenvalue weighted by Gasteiger charge is -2.33. The third kappa shape index (κ3) is 5.28. The summed E-state index contributed by atoms with van der Waals surface area (Å²) in [4.78, 5) is 15.3. The zero-order chi connectivity index (χ0) is 21.7. The molecule has 6 nitrogen and oxygen atoms in total. The quantitative estimate of drug-likeness (QED) is 0.734. The number of carbonyl (C=O) groups is 1. The number of rotatable bonds is 7. The first-order chi connectivity index (χ1) is 14.3. The van der Waals surface area contributed by atoms with Crippen LogP contribution in [-0.4, -0.2) is 50.2 Å². The van der Waals surface area contributed by atoms with Crippen LogP contribution in [0, 0.1) is 0 Å². The fraction of sp³-hybridized carbons (Fsp3) is 0.435. The number of nitrogens with zero attached hydrogens (tertiary/aromatic N) is 2. The van der Waals surface area contributed by atoms with Crippen LogP contribution in [0.2, 0.25) is 0 Å². The molecule has 1 atom stereocenters. The smallest absolute Gasteiger partial charge is 0.251 e. The maximum atomic E-state index is 12.6. The molecule has 1 amide bonds. The van der Waals surface area contributed by atoms with Crippen LogP contribution in [0.25, 0.3) is 0 Å². The van der Waals surface area contributed by atoms with E-state index in [9.17, 15) is 13.2 Å². The summed E-state index contributed by atoms with van der Waals surface area (Å²) in [6.07, 6.45) is 3.77. The number of hydrogen-bond donors (Lipinski definition) is 1. The van der Waals surface area contributed by atoms with Gasteiger partial charge in [0, 0.05) is 38.8 Å². The summed E-state index contributed by atoms with van der Waals surface area (Å²) < 4.78 is 25.5. The van der Waals surface area contributed by atoms with Gasteiger partial charge in [0.25, 0.3) is 5.91 Å². The van der Waals surface area contributed by atoms with E-state index in [0.717, 1.165) is 23.0 Å². The van der Waals surface area contributed by atoms with Gasteiger partial charge in [0.1, 0.15) is 0 Å². The highest BCUT2D eigenvalue weighted by atomic mass is 32.2. The molecule has 1 heterocycles. The van der Waals surface area contributed by atoms with E-state index in [4.69, 9.17) is 0 Å². The van der Waals surface area contributed by atoms with Gasteiger partial charge in [-0.1, -0.05) is 30.7 Å². The van der Waals surface area contributed by atoms with E-state index in [1.165, 1.54) is 51.1 Å². The van der Waals surface area contributed by atoms with Crippen LogP contribution in [0.5, 0.6) is 0 Å². The molecule has 3 rings (SSSR count). The van der Waals surface area contributed by atoms with Gasteiger partial charge in [0.2, 0.25) is 10.0 Å². The number of carbonyl (C=O) groups excluding carboxylic acids is 1. The first kappa shape index (κ1) is 22.5. The van der Waals surface area contributed by atoms with E-state index >= 15 is 0 Å². The molecule has 0 bridgehead atoms. The molecule has 0 aromatic heterocycles. The van der Waals surface area contributed by atoms with Gasteiger partial charge < -0.3 is 5.32 Å². The summed E-state index contributed by atoms with van der Waals surface area (Å²) in [6, 6.07) is 14.8. The number of amides is 1. The molecule has 1 unspecified atom stereocenters. The molecule has 30 heavy (non-hydrogen) atoms. The minimum atomic E-state index is -3.50. The number of benzene rings is 2. The first-order valence-corrected chi connectivity index (χ1v) is 11.8. The Morgan fingerprint density at radius 1 is 1.07 bits per heavy atom. The third-order valence-electron chi connectivity index (χ3n) is 5.77. The molecule has 2 aromatic carbocycles. The van der Waals surface area contributed by atoms with Gasteiger partial charge in [0.15, 0.2) is 0 Å². The van der Waals surface area contributed by atoms with Gasteiger partial charge in [-0.3, -0.25) is 9.69 Å². The van der Waals surface area contributed by atoms with E-state index in [1.807, 2.05) is 12.1 Å². The van der Waals surface area contributed by atoms with Crippen molar-refractivity contribution in [1.29, 1.82) is 0 Å². The number of likely N-dealkylation sites (tertiary alicyclic amines) is 1. The Balaban J connectivity index is 1.65. The SMILES string of the molecule is CC1CCCCN1Cc1ccccc1CNC(=O)c1ccc(S(=O)(=O)N(C)C)cc1. The minimum absolute atomic E-state index is 0.171. The van der Waals surface area contributed by atoms with Gasteiger partial charge in [-0.25, -0.2) is 12.7 Å². The summed E-state index contributed by atoms with van der Waals surface area (Å²) in [5, 5.41) is 2.97. The van der Waals surface area contributed by atoms with Crippen molar-refractivity contribution in [3.8, 4) is 0 Å². The van der Waals surface area contributed by atoms with Crippen LogP contribution in [-0.2, 0) is 23.1 Å². The van der Waals surface area contributed by atoms with Crippen LogP contribution in [0.1, 0.15) is 47.7 Å². The van der Waals surface area contributed by atoms with E-state index in [-0.39, 0.29) is 10.8 Å². The zero-order valence-corrected chi connectivity index (χ0v) is 18.8. The second-order valence-electron chi connectivity index (χ2n) is 8.08. The summed E-state index contributed by atoms with van der Waals surface area (Å²) in [5.41, 5.74) is 2.78. The topological polar surface area (TPSA) is 69.7 Å². The second-order valence-corrected chi connectivity index (χ2v) is 10.2. The van der Waals surface area contributed by atoms with Crippen LogP contribution in [0.15, 0.2) is 53.4 Å². The molecular weight excluding hydrogens is 398 g/mol. The van der Waals surface area contributed by atoms with E-state index < -0.39 is 10.0 Å². The van der Waals surface area contributed by atoms with Crippen molar-refractivity contribution >= 4 is 15.9 Å². The molecule has 1 N–H and O–H groups in total. The average molecular weight is 430 g/mol. The molecule has 0 saturated carbocycles. The molecule has 1 saturated heterocycles. The van der Waals surface area contributed by atoms with Crippen LogP contribution < -0.4 is 5.32 Å². The molecule has 2 aromatic rings. The molecule has 162 valence electrons. The molecule has 1 aliphatic heterocycles. The highest BCUT2D eigenvalue weighted by Gasteiger charge is 2.20. The zero-order valence-electron chi connectivity index (χ0n) is 18.0. The average Bonchev–Trinajstić information content (AvgIpc) is 2.74. The normalized spacial score (nSPS) is 17.8. The molecule has 0 spiro atoms. The number of nitrogens with one attached hydrogen (secondary N) is 1. The lowest BCUT2D eigenvalue weighted by molar-refractivity contribution is 0.0950. The Morgan fingerprint density at radius 3 is 2.37 bits per heavy atom. The first-order valence-electron chi connectivity index (χ1n) is 10.4. The van der Waals surface area contributed by atoms with Crippen molar-refractivity contribution in [3.63, 3.8) is 0 Å². The molecule has 0 radical (unpaired) electrons. The van der Waals surface area contributed by atoms with Gasteiger partial charge in [-0.05, 0) is 61.7 Å². The molecule has 0 aliphatic carbocycles. The van der Waals surface area contributed by atoms with Gasteiger partial charge in [-0.15, -0.1) is 0 Å². The van der Waals surface area contributed by atoms with Crippen molar-refractivity contribution in [2.75, 3.05) is 20.6 Å². The molecule has 7 heteroatoms. The fourth-order valence-electron chi connectivity index (χ4n) is 3.76. The largest absolute Gasteiger partial charge is 0.348 e. The fourth-order valence-corrected chi connectivity index (χ4v) is 4.66. The Labute approximate surface area is 179 Å². The third-order valence-corrected chi connectivity index (χ3v) is 7.60. The number of sulfonamides is 1. The second kappa shape index (κ2) is 9.73. The van der Waals surface area contributed by atoms with Crippen LogP contribution >= 0.6 is 0 Å². The highest BCUT2D eigenvalue weighted by molar-refractivity contribution is 7.89. The van der Waals surface area contributed by atoms with Crippen molar-refractivity contribution < 1.29 is 13.2 Å². The highest BCUT2D eigenvalue weighted by Crippen LogP contribution is 2.21. The number of hydrogen-bond acceptors (Lipinski definition) is 4. The Morgan fingerprint density at radius 2 is 1.73 bits per heavy atom. The Kier molecular flexibility index (Phi) is 7.28. The summed E-state index contributed by atoms with van der Waals surface area (Å²) in [7, 11) is -0.534.